The molecule has 2 saturated heterocycles. The molecule has 6 atom stereocenters. The van der Waals surface area contributed by atoms with Gasteiger partial charge < -0.3 is 15.5 Å². The summed E-state index contributed by atoms with van der Waals surface area (Å²) < 4.78 is 38.8. The molecule has 202 valence electrons. The van der Waals surface area contributed by atoms with Crippen molar-refractivity contribution in [3.05, 3.63) is 0 Å². The smallest absolute Gasteiger partial charge is 0.351 e. The summed E-state index contributed by atoms with van der Waals surface area (Å²) >= 11 is 0. The number of hydrogen-bond donors (Lipinski definition) is 3. The lowest BCUT2D eigenvalue weighted by Crippen LogP contribution is -2.59. The van der Waals surface area contributed by atoms with Gasteiger partial charge in [0, 0.05) is 18.0 Å². The highest BCUT2D eigenvalue weighted by atomic mass is 19.4. The Kier molecular flexibility index (Phi) is 7.21. The Morgan fingerprint density at radius 2 is 1.83 bits per heavy atom. The summed E-state index contributed by atoms with van der Waals surface area (Å²) in [5, 5.41) is 17.6. The molecular weight excluding hydrogens is 475 g/mol. The molecule has 36 heavy (non-hydrogen) atoms. The maximum Gasteiger partial charge on any atom is 0.401 e. The number of nitrogens with one attached hydrogen (secondary N) is 3. The number of halogens is 3. The summed E-state index contributed by atoms with van der Waals surface area (Å²) in [6.07, 6.45) is -3.81. The largest absolute Gasteiger partial charge is 0.401 e. The van der Waals surface area contributed by atoms with E-state index in [0.29, 0.717) is 6.42 Å². The zero-order valence-electron chi connectivity index (χ0n) is 22.0. The van der Waals surface area contributed by atoms with Crippen molar-refractivity contribution in [1.29, 1.82) is 5.26 Å². The Bertz CT molecular complexity index is 950. The first-order valence-corrected chi connectivity index (χ1v) is 12.4. The highest BCUT2D eigenvalue weighted by Crippen LogP contribution is 2.65. The average molecular weight is 514 g/mol. The Morgan fingerprint density at radius 3 is 2.31 bits per heavy atom. The van der Waals surface area contributed by atoms with E-state index in [1.54, 1.807) is 20.8 Å². The van der Waals surface area contributed by atoms with E-state index in [4.69, 9.17) is 0 Å². The van der Waals surface area contributed by atoms with Crippen LogP contribution in [0.5, 0.6) is 0 Å². The lowest BCUT2D eigenvalue weighted by molar-refractivity contribution is -0.147. The molecule has 2 aliphatic heterocycles. The topological polar surface area (TPSA) is 114 Å². The molecule has 0 aromatic rings. The number of piperidine rings is 1. The van der Waals surface area contributed by atoms with Crippen LogP contribution in [0.1, 0.15) is 61.3 Å². The maximum absolute atomic E-state index is 13.5. The van der Waals surface area contributed by atoms with Gasteiger partial charge in [0.1, 0.15) is 12.1 Å². The molecule has 3 N–H and O–H groups in total. The third-order valence-electron chi connectivity index (χ3n) is 7.96. The van der Waals surface area contributed by atoms with Gasteiger partial charge in [-0.25, -0.2) is 0 Å². The summed E-state index contributed by atoms with van der Waals surface area (Å²) in [6.45, 7) is 11.8. The first-order chi connectivity index (χ1) is 16.3. The number of hydrogen-bond acceptors (Lipinski definition) is 5. The van der Waals surface area contributed by atoms with Gasteiger partial charge in [-0.3, -0.25) is 19.7 Å². The third kappa shape index (κ3) is 5.79. The van der Waals surface area contributed by atoms with Gasteiger partial charge in [-0.2, -0.15) is 18.4 Å². The molecule has 3 fully saturated rings. The lowest BCUT2D eigenvalue weighted by Gasteiger charge is -2.38. The molecule has 3 rings (SSSR count). The van der Waals surface area contributed by atoms with Crippen LogP contribution in [0.2, 0.25) is 0 Å². The van der Waals surface area contributed by atoms with Crippen molar-refractivity contribution >= 4 is 17.7 Å². The Balaban J connectivity index is 1.77. The van der Waals surface area contributed by atoms with E-state index in [-0.39, 0.29) is 36.1 Å². The molecule has 3 aliphatic rings. The van der Waals surface area contributed by atoms with Crippen molar-refractivity contribution in [2.24, 2.45) is 28.6 Å². The van der Waals surface area contributed by atoms with Gasteiger partial charge in [-0.05, 0) is 49.4 Å². The van der Waals surface area contributed by atoms with Crippen molar-refractivity contribution in [1.82, 2.24) is 20.9 Å². The van der Waals surface area contributed by atoms with Gasteiger partial charge in [0.05, 0.1) is 18.7 Å². The van der Waals surface area contributed by atoms with Crippen LogP contribution in [-0.2, 0) is 14.4 Å². The zero-order valence-corrected chi connectivity index (χ0v) is 22.0. The summed E-state index contributed by atoms with van der Waals surface area (Å²) in [7, 11) is 0. The quantitative estimate of drug-likeness (QED) is 0.484. The molecule has 0 aromatic heterocycles. The normalized spacial score (nSPS) is 30.1. The highest BCUT2D eigenvalue weighted by Gasteiger charge is 2.69. The van der Waals surface area contributed by atoms with Crippen LogP contribution < -0.4 is 16.0 Å². The van der Waals surface area contributed by atoms with Crippen LogP contribution in [0.25, 0.3) is 0 Å². The van der Waals surface area contributed by atoms with Crippen molar-refractivity contribution in [2.45, 2.75) is 91.1 Å². The second kappa shape index (κ2) is 9.19. The SMILES string of the molecule is CC1(C)CC(CC(C#N)NC(=O)C2C3C(CN2C(=O)C(NCC(F)(F)F)C(C)(C)C)C3(C)C)C(=O)N1. The molecule has 6 unspecified atom stereocenters. The van der Waals surface area contributed by atoms with E-state index in [1.807, 2.05) is 27.7 Å². The van der Waals surface area contributed by atoms with E-state index in [0.717, 1.165) is 0 Å². The Hall–Kier alpha value is -2.35. The number of likely N-dealkylation sites (tertiary alicyclic amines) is 1. The molecule has 0 bridgehead atoms. The number of nitrogens with zero attached hydrogens (tertiary/aromatic N) is 2. The van der Waals surface area contributed by atoms with Gasteiger partial charge >= 0.3 is 6.18 Å². The monoisotopic (exact) mass is 513 g/mol. The number of amides is 3. The predicted molar refractivity (Wildman–Crippen MR) is 126 cm³/mol. The van der Waals surface area contributed by atoms with E-state index in [1.165, 1.54) is 4.90 Å². The molecule has 0 spiro atoms. The van der Waals surface area contributed by atoms with Crippen LogP contribution in [0.4, 0.5) is 13.2 Å². The first-order valence-electron chi connectivity index (χ1n) is 12.4. The van der Waals surface area contributed by atoms with Crippen LogP contribution >= 0.6 is 0 Å². The second-order valence-corrected chi connectivity index (χ2v) is 12.9. The van der Waals surface area contributed by atoms with Crippen molar-refractivity contribution in [3.8, 4) is 6.07 Å². The summed E-state index contributed by atoms with van der Waals surface area (Å²) in [5.41, 5.74) is -1.42. The molecule has 11 heteroatoms. The zero-order chi connectivity index (χ0) is 27.4. The molecule has 1 saturated carbocycles. The summed E-state index contributed by atoms with van der Waals surface area (Å²) in [5.74, 6) is -1.76. The Labute approximate surface area is 210 Å². The third-order valence-corrected chi connectivity index (χ3v) is 7.96. The predicted octanol–water partition coefficient (Wildman–Crippen LogP) is 2.35. The molecular formula is C25H38F3N5O3. The fourth-order valence-corrected chi connectivity index (χ4v) is 6.03. The number of rotatable bonds is 7. The minimum absolute atomic E-state index is 0.0439. The number of carbonyl (C=O) groups is 3. The van der Waals surface area contributed by atoms with Gasteiger partial charge in [0.25, 0.3) is 0 Å². The minimum Gasteiger partial charge on any atom is -0.351 e. The van der Waals surface area contributed by atoms with E-state index >= 15 is 0 Å². The number of fused-ring (bicyclic) bond motifs is 1. The fourth-order valence-electron chi connectivity index (χ4n) is 6.03. The molecule has 8 nitrogen and oxygen atoms in total. The van der Waals surface area contributed by atoms with Crippen molar-refractivity contribution < 1.29 is 27.6 Å². The molecule has 1 aliphatic carbocycles. The van der Waals surface area contributed by atoms with Crippen molar-refractivity contribution in [2.75, 3.05) is 13.1 Å². The van der Waals surface area contributed by atoms with Gasteiger partial charge in [-0.1, -0.05) is 34.6 Å². The van der Waals surface area contributed by atoms with Gasteiger partial charge in [-0.15, -0.1) is 0 Å². The van der Waals surface area contributed by atoms with E-state index in [9.17, 15) is 32.8 Å². The minimum atomic E-state index is -4.49. The fraction of sp³-hybridized carbons (Fsp3) is 0.840. The Morgan fingerprint density at radius 1 is 1.22 bits per heavy atom. The van der Waals surface area contributed by atoms with Crippen LogP contribution in [0, 0.1) is 39.9 Å². The summed E-state index contributed by atoms with van der Waals surface area (Å²) in [6, 6.07) is -0.909. The molecule has 0 radical (unpaired) electrons. The highest BCUT2D eigenvalue weighted by molar-refractivity contribution is 5.92. The second-order valence-electron chi connectivity index (χ2n) is 12.9. The number of carbonyl (C=O) groups excluding carboxylic acids is 3. The van der Waals surface area contributed by atoms with E-state index < -0.39 is 59.5 Å². The molecule has 2 heterocycles. The van der Waals surface area contributed by atoms with E-state index in [2.05, 4.69) is 22.0 Å². The van der Waals surface area contributed by atoms with Crippen LogP contribution in [0.3, 0.4) is 0 Å². The molecule has 3 amide bonds. The maximum atomic E-state index is 13.5. The number of alkyl halides is 3. The molecule has 0 aromatic carbocycles. The van der Waals surface area contributed by atoms with Crippen LogP contribution in [-0.4, -0.2) is 65.6 Å². The van der Waals surface area contributed by atoms with Crippen molar-refractivity contribution in [3.63, 3.8) is 0 Å². The average Bonchev–Trinajstić information content (AvgIpc) is 3.01. The van der Waals surface area contributed by atoms with Gasteiger partial charge in [0.15, 0.2) is 0 Å². The number of nitriles is 1. The standard InChI is InChI=1S/C25H38F3N5O3/c1-22(2,3)18(30-12-25(26,27)28)21(36)33-11-15-16(24(15,6)7)17(33)20(35)31-14(10-29)8-13-9-23(4,5)32-19(13)34/h13-18,30H,8-9,11-12H2,1-7H3,(H,31,35)(H,32,34). The summed E-state index contributed by atoms with van der Waals surface area (Å²) in [4.78, 5) is 40.7. The lowest BCUT2D eigenvalue weighted by atomic mass is 9.85. The first kappa shape index (κ1) is 28.2. The van der Waals surface area contributed by atoms with Gasteiger partial charge in [0.2, 0.25) is 17.7 Å². The van der Waals surface area contributed by atoms with Crippen LogP contribution in [0.15, 0.2) is 0 Å².